The predicted molar refractivity (Wildman–Crippen MR) is 86.4 cm³/mol. The molecule has 0 aliphatic carbocycles. The van der Waals surface area contributed by atoms with Crippen molar-refractivity contribution in [3.05, 3.63) is 64.7 Å². The van der Waals surface area contributed by atoms with Crippen molar-refractivity contribution >= 4 is 29.2 Å². The molecule has 0 fully saturated rings. The maximum absolute atomic E-state index is 12.7. The average molecular weight is 372 g/mol. The first-order chi connectivity index (χ1) is 11.7. The Labute approximate surface area is 146 Å². The zero-order chi connectivity index (χ0) is 18.6. The zero-order valence-electron chi connectivity index (χ0n) is 12.9. The van der Waals surface area contributed by atoms with Gasteiger partial charge in [-0.15, -0.1) is 0 Å². The number of benzene rings is 2. The Morgan fingerprint density at radius 1 is 1.12 bits per heavy atom. The van der Waals surface area contributed by atoms with Crippen LogP contribution in [0.25, 0.3) is 0 Å². The van der Waals surface area contributed by atoms with Crippen LogP contribution >= 0.6 is 11.6 Å². The standard InChI is InChI=1S/C17H13ClF3NO3/c1-10(25-16(24)11-5-7-13(18)8-6-11)15(23)22-14-4-2-3-12(9-14)17(19,20)21/h2-10H,1H3,(H,22,23)/t10-/m1/s1. The van der Waals surface area contributed by atoms with Crippen LogP contribution in [-0.4, -0.2) is 18.0 Å². The largest absolute Gasteiger partial charge is 0.449 e. The van der Waals surface area contributed by atoms with Crippen LogP contribution in [0.5, 0.6) is 0 Å². The molecule has 4 nitrogen and oxygen atoms in total. The minimum absolute atomic E-state index is 0.0470. The SMILES string of the molecule is C[C@@H](OC(=O)c1ccc(Cl)cc1)C(=O)Nc1cccc(C(F)(F)F)c1. The van der Waals surface area contributed by atoms with E-state index in [0.717, 1.165) is 12.1 Å². The van der Waals surface area contributed by atoms with Crippen molar-refractivity contribution < 1.29 is 27.5 Å². The van der Waals surface area contributed by atoms with Crippen LogP contribution in [0.1, 0.15) is 22.8 Å². The van der Waals surface area contributed by atoms with E-state index in [9.17, 15) is 22.8 Å². The molecule has 0 aromatic heterocycles. The monoisotopic (exact) mass is 371 g/mol. The third kappa shape index (κ3) is 5.22. The molecule has 2 rings (SSSR count). The van der Waals surface area contributed by atoms with Gasteiger partial charge in [-0.2, -0.15) is 13.2 Å². The van der Waals surface area contributed by atoms with Crippen molar-refractivity contribution in [2.24, 2.45) is 0 Å². The van der Waals surface area contributed by atoms with Crippen LogP contribution < -0.4 is 5.32 Å². The van der Waals surface area contributed by atoms with Crippen molar-refractivity contribution in [3.63, 3.8) is 0 Å². The molecule has 1 N–H and O–H groups in total. The van der Waals surface area contributed by atoms with Crippen molar-refractivity contribution in [3.8, 4) is 0 Å². The normalized spacial score (nSPS) is 12.4. The van der Waals surface area contributed by atoms with Crippen LogP contribution in [0.2, 0.25) is 5.02 Å². The molecule has 0 spiro atoms. The molecule has 2 aromatic rings. The van der Waals surface area contributed by atoms with Crippen molar-refractivity contribution in [2.75, 3.05) is 5.32 Å². The molecule has 8 heteroatoms. The highest BCUT2D eigenvalue weighted by atomic mass is 35.5. The fourth-order valence-electron chi connectivity index (χ4n) is 1.89. The third-order valence-corrected chi connectivity index (χ3v) is 3.44. The van der Waals surface area contributed by atoms with Crippen LogP contribution in [0.15, 0.2) is 48.5 Å². The number of ether oxygens (including phenoxy) is 1. The van der Waals surface area contributed by atoms with Gasteiger partial charge in [0.25, 0.3) is 5.91 Å². The second-order valence-electron chi connectivity index (χ2n) is 5.12. The molecule has 0 saturated heterocycles. The number of amides is 1. The first kappa shape index (κ1) is 18.8. The molecule has 0 aliphatic rings. The Kier molecular flexibility index (Phi) is 5.69. The topological polar surface area (TPSA) is 55.4 Å². The highest BCUT2D eigenvalue weighted by molar-refractivity contribution is 6.30. The summed E-state index contributed by atoms with van der Waals surface area (Å²) < 4.78 is 43.0. The van der Waals surface area contributed by atoms with Gasteiger partial charge in [-0.25, -0.2) is 4.79 Å². The van der Waals surface area contributed by atoms with Crippen LogP contribution in [-0.2, 0) is 15.7 Å². The number of alkyl halides is 3. The van der Waals surface area contributed by atoms with Crippen molar-refractivity contribution in [1.29, 1.82) is 0 Å². The fourth-order valence-corrected chi connectivity index (χ4v) is 2.01. The van der Waals surface area contributed by atoms with Gasteiger partial charge in [0.2, 0.25) is 0 Å². The molecule has 0 radical (unpaired) electrons. The number of esters is 1. The molecule has 1 atom stereocenters. The number of anilines is 1. The van der Waals surface area contributed by atoms with Gasteiger partial charge in [-0.05, 0) is 49.4 Å². The lowest BCUT2D eigenvalue weighted by atomic mass is 10.2. The van der Waals surface area contributed by atoms with Crippen molar-refractivity contribution in [2.45, 2.75) is 19.2 Å². The molecular weight excluding hydrogens is 359 g/mol. The minimum atomic E-state index is -4.52. The lowest BCUT2D eigenvalue weighted by molar-refractivity contribution is -0.137. The lowest BCUT2D eigenvalue weighted by Gasteiger charge is -2.14. The summed E-state index contributed by atoms with van der Waals surface area (Å²) in [5.41, 5.74) is -0.742. The van der Waals surface area contributed by atoms with Gasteiger partial charge < -0.3 is 10.1 Å². The number of hydrogen-bond acceptors (Lipinski definition) is 3. The van der Waals surface area contributed by atoms with Crippen LogP contribution in [0, 0.1) is 0 Å². The highest BCUT2D eigenvalue weighted by Gasteiger charge is 2.30. The van der Waals surface area contributed by atoms with Gasteiger partial charge in [0.05, 0.1) is 11.1 Å². The third-order valence-electron chi connectivity index (χ3n) is 3.19. The number of rotatable bonds is 4. The number of carbonyl (C=O) groups excluding carboxylic acids is 2. The fraction of sp³-hybridized carbons (Fsp3) is 0.176. The summed E-state index contributed by atoms with van der Waals surface area (Å²) in [6.45, 7) is 1.32. The van der Waals surface area contributed by atoms with Gasteiger partial charge >= 0.3 is 12.1 Å². The van der Waals surface area contributed by atoms with Crippen molar-refractivity contribution in [1.82, 2.24) is 0 Å². The summed E-state index contributed by atoms with van der Waals surface area (Å²) in [5.74, 6) is -1.50. The second kappa shape index (κ2) is 7.57. The first-order valence-electron chi connectivity index (χ1n) is 7.11. The number of carbonyl (C=O) groups is 2. The van der Waals surface area contributed by atoms with E-state index in [1.54, 1.807) is 0 Å². The van der Waals surface area contributed by atoms with E-state index >= 15 is 0 Å². The predicted octanol–water partition coefficient (Wildman–Crippen LogP) is 4.54. The smallest absolute Gasteiger partial charge is 0.416 e. The quantitative estimate of drug-likeness (QED) is 0.803. The highest BCUT2D eigenvalue weighted by Crippen LogP contribution is 2.30. The maximum Gasteiger partial charge on any atom is 0.416 e. The summed E-state index contributed by atoms with van der Waals surface area (Å²) >= 11 is 5.71. The molecule has 132 valence electrons. The van der Waals surface area contributed by atoms with Gasteiger partial charge in [0.1, 0.15) is 0 Å². The Morgan fingerprint density at radius 3 is 2.36 bits per heavy atom. The lowest BCUT2D eigenvalue weighted by Crippen LogP contribution is -2.30. The Hall–Kier alpha value is -2.54. The van der Waals surface area contributed by atoms with Gasteiger partial charge in [-0.3, -0.25) is 4.79 Å². The molecular formula is C17H13ClF3NO3. The summed E-state index contributed by atoms with van der Waals surface area (Å²) in [6, 6.07) is 10.0. The molecule has 0 unspecified atom stereocenters. The number of nitrogens with one attached hydrogen (secondary N) is 1. The second-order valence-corrected chi connectivity index (χ2v) is 5.56. The maximum atomic E-state index is 12.7. The molecule has 1 amide bonds. The van der Waals surface area contributed by atoms with E-state index < -0.39 is 29.7 Å². The Bertz CT molecular complexity index is 775. The molecule has 0 bridgehead atoms. The van der Waals surface area contributed by atoms with Gasteiger partial charge in [0.15, 0.2) is 6.10 Å². The number of hydrogen-bond donors (Lipinski definition) is 1. The molecule has 2 aromatic carbocycles. The molecule has 0 saturated carbocycles. The molecule has 25 heavy (non-hydrogen) atoms. The van der Waals surface area contributed by atoms with E-state index in [-0.39, 0.29) is 11.3 Å². The minimum Gasteiger partial charge on any atom is -0.449 e. The van der Waals surface area contributed by atoms with E-state index in [1.807, 2.05) is 0 Å². The summed E-state index contributed by atoms with van der Waals surface area (Å²) in [5, 5.41) is 2.72. The van der Waals surface area contributed by atoms with E-state index in [0.29, 0.717) is 5.02 Å². The zero-order valence-corrected chi connectivity index (χ0v) is 13.7. The van der Waals surface area contributed by atoms with E-state index in [2.05, 4.69) is 5.32 Å². The van der Waals surface area contributed by atoms with E-state index in [1.165, 1.54) is 43.3 Å². The van der Waals surface area contributed by atoms with Crippen LogP contribution in [0.3, 0.4) is 0 Å². The average Bonchev–Trinajstić information content (AvgIpc) is 2.54. The summed E-state index contributed by atoms with van der Waals surface area (Å²) in [4.78, 5) is 23.9. The summed E-state index contributed by atoms with van der Waals surface area (Å²) in [7, 11) is 0. The Morgan fingerprint density at radius 2 is 1.76 bits per heavy atom. The summed E-state index contributed by atoms with van der Waals surface area (Å²) in [6.07, 6.45) is -5.72. The van der Waals surface area contributed by atoms with Gasteiger partial charge in [0, 0.05) is 10.7 Å². The Balaban J connectivity index is 2.01. The first-order valence-corrected chi connectivity index (χ1v) is 7.49. The van der Waals surface area contributed by atoms with Gasteiger partial charge in [-0.1, -0.05) is 17.7 Å². The van der Waals surface area contributed by atoms with E-state index in [4.69, 9.17) is 16.3 Å². The molecule has 0 aliphatic heterocycles. The van der Waals surface area contributed by atoms with Crippen LogP contribution in [0.4, 0.5) is 18.9 Å². The number of halogens is 4. The molecule has 0 heterocycles.